The zero-order chi connectivity index (χ0) is 20.6. The molecule has 7 heteroatoms. The van der Waals surface area contributed by atoms with Crippen LogP contribution < -0.4 is 0 Å². The molecule has 0 radical (unpaired) electrons. The van der Waals surface area contributed by atoms with Gasteiger partial charge >= 0.3 is 5.97 Å². The number of hydrogen-bond acceptors (Lipinski definition) is 6. The number of carbonyl (C=O) groups excluding carboxylic acids is 2. The molecule has 1 heterocycles. The molecule has 1 aliphatic rings. The first-order valence-corrected chi connectivity index (χ1v) is 10.1. The van der Waals surface area contributed by atoms with Gasteiger partial charge in [-0.1, -0.05) is 24.3 Å². The second-order valence-electron chi connectivity index (χ2n) is 6.43. The number of ketones is 1. The van der Waals surface area contributed by atoms with E-state index in [1.165, 1.54) is 30.3 Å². The summed E-state index contributed by atoms with van der Waals surface area (Å²) in [6.07, 6.45) is 0. The summed E-state index contributed by atoms with van der Waals surface area (Å²) >= 11 is 0. The Labute approximate surface area is 166 Å². The molecule has 29 heavy (non-hydrogen) atoms. The van der Waals surface area contributed by atoms with E-state index in [-0.39, 0.29) is 33.1 Å². The van der Waals surface area contributed by atoms with E-state index in [4.69, 9.17) is 10.00 Å². The molecule has 4 rings (SSSR count). The molecule has 0 amide bonds. The van der Waals surface area contributed by atoms with E-state index < -0.39 is 21.6 Å². The summed E-state index contributed by atoms with van der Waals surface area (Å²) in [6, 6.07) is 18.5. The van der Waals surface area contributed by atoms with Crippen LogP contribution in [0.5, 0.6) is 0 Å². The summed E-state index contributed by atoms with van der Waals surface area (Å²) in [4.78, 5) is 24.8. The fourth-order valence-electron chi connectivity index (χ4n) is 3.17. The molecule has 0 saturated carbocycles. The Morgan fingerprint density at radius 1 is 0.931 bits per heavy atom. The first kappa shape index (κ1) is 18.6. The second-order valence-corrected chi connectivity index (χ2v) is 8.31. The van der Waals surface area contributed by atoms with Crippen LogP contribution in [0.15, 0.2) is 76.5 Å². The Kier molecular flexibility index (Phi) is 4.49. The first-order valence-electron chi connectivity index (χ1n) is 8.61. The van der Waals surface area contributed by atoms with Crippen molar-refractivity contribution < 1.29 is 22.7 Å². The van der Waals surface area contributed by atoms with Crippen molar-refractivity contribution in [1.29, 1.82) is 5.26 Å². The Hall–Kier alpha value is -3.76. The number of ether oxygens (including phenoxy) is 1. The van der Waals surface area contributed by atoms with Crippen LogP contribution in [0, 0.1) is 11.3 Å². The van der Waals surface area contributed by atoms with Crippen molar-refractivity contribution in [3.63, 3.8) is 0 Å². The number of rotatable bonds is 3. The van der Waals surface area contributed by atoms with Gasteiger partial charge in [-0.15, -0.1) is 0 Å². The number of fused-ring (bicyclic) bond motifs is 2. The molecule has 0 spiro atoms. The van der Waals surface area contributed by atoms with Gasteiger partial charge in [0, 0.05) is 11.1 Å². The fourth-order valence-corrected chi connectivity index (χ4v) is 4.85. The average molecular weight is 403 g/mol. The molecule has 0 saturated heterocycles. The van der Waals surface area contributed by atoms with E-state index in [0.29, 0.717) is 11.1 Å². The molecule has 0 aromatic heterocycles. The lowest BCUT2D eigenvalue weighted by atomic mass is 10.0. The molecule has 0 atom stereocenters. The SMILES string of the molecule is N#Cc1cccc(COC(=O)c2ccc3c(c2)S(=O)(=O)c2ccccc2C3=O)c1. The van der Waals surface area contributed by atoms with Gasteiger partial charge in [-0.05, 0) is 48.0 Å². The van der Waals surface area contributed by atoms with Crippen LogP contribution in [-0.2, 0) is 21.2 Å². The largest absolute Gasteiger partial charge is 0.457 e. The van der Waals surface area contributed by atoms with Gasteiger partial charge in [-0.3, -0.25) is 4.79 Å². The van der Waals surface area contributed by atoms with Crippen LogP contribution in [0.2, 0.25) is 0 Å². The fraction of sp³-hybridized carbons (Fsp3) is 0.0455. The molecule has 3 aromatic rings. The predicted molar refractivity (Wildman–Crippen MR) is 102 cm³/mol. The molecular weight excluding hydrogens is 390 g/mol. The van der Waals surface area contributed by atoms with E-state index in [2.05, 4.69) is 0 Å². The van der Waals surface area contributed by atoms with Gasteiger partial charge in [-0.2, -0.15) is 5.26 Å². The molecule has 0 fully saturated rings. The highest BCUT2D eigenvalue weighted by Gasteiger charge is 2.35. The van der Waals surface area contributed by atoms with Crippen molar-refractivity contribution in [2.75, 3.05) is 0 Å². The lowest BCUT2D eigenvalue weighted by Crippen LogP contribution is -2.21. The van der Waals surface area contributed by atoms with Gasteiger partial charge in [0.15, 0.2) is 5.78 Å². The molecule has 6 nitrogen and oxygen atoms in total. The van der Waals surface area contributed by atoms with Crippen LogP contribution in [0.4, 0.5) is 0 Å². The monoisotopic (exact) mass is 403 g/mol. The summed E-state index contributed by atoms with van der Waals surface area (Å²) < 4.78 is 31.1. The molecule has 142 valence electrons. The number of nitriles is 1. The molecule has 0 aliphatic carbocycles. The smallest absolute Gasteiger partial charge is 0.338 e. The number of carbonyl (C=O) groups is 2. The minimum atomic E-state index is -3.93. The Balaban J connectivity index is 1.64. The number of hydrogen-bond donors (Lipinski definition) is 0. The number of nitrogens with zero attached hydrogens (tertiary/aromatic N) is 1. The first-order chi connectivity index (χ1) is 13.9. The van der Waals surface area contributed by atoms with Gasteiger partial charge in [0.2, 0.25) is 9.84 Å². The molecule has 3 aromatic carbocycles. The zero-order valence-corrected chi connectivity index (χ0v) is 15.8. The van der Waals surface area contributed by atoms with Gasteiger partial charge in [-0.25, -0.2) is 13.2 Å². The van der Waals surface area contributed by atoms with Gasteiger partial charge in [0.05, 0.1) is 27.0 Å². The number of sulfone groups is 1. The summed E-state index contributed by atoms with van der Waals surface area (Å²) in [7, 11) is -3.93. The maximum absolute atomic E-state index is 12.9. The van der Waals surface area contributed by atoms with E-state index in [1.54, 1.807) is 36.4 Å². The molecule has 1 aliphatic heterocycles. The molecule has 0 bridgehead atoms. The average Bonchev–Trinajstić information content (AvgIpc) is 2.76. The van der Waals surface area contributed by atoms with Crippen molar-refractivity contribution in [3.05, 3.63) is 94.5 Å². The predicted octanol–water partition coefficient (Wildman–Crippen LogP) is 3.29. The number of benzene rings is 3. The summed E-state index contributed by atoms with van der Waals surface area (Å²) in [5.74, 6) is -1.13. The van der Waals surface area contributed by atoms with E-state index in [1.807, 2.05) is 6.07 Å². The highest BCUT2D eigenvalue weighted by atomic mass is 32.2. The van der Waals surface area contributed by atoms with Crippen molar-refractivity contribution in [2.24, 2.45) is 0 Å². The van der Waals surface area contributed by atoms with E-state index >= 15 is 0 Å². The topological polar surface area (TPSA) is 101 Å². The minimum Gasteiger partial charge on any atom is -0.457 e. The third kappa shape index (κ3) is 3.20. The lowest BCUT2D eigenvalue weighted by Gasteiger charge is -2.19. The van der Waals surface area contributed by atoms with E-state index in [0.717, 1.165) is 0 Å². The Morgan fingerprint density at radius 3 is 2.48 bits per heavy atom. The summed E-state index contributed by atoms with van der Waals surface area (Å²) in [5, 5.41) is 8.93. The van der Waals surface area contributed by atoms with Crippen molar-refractivity contribution in [2.45, 2.75) is 16.4 Å². The highest BCUT2D eigenvalue weighted by molar-refractivity contribution is 7.91. The van der Waals surface area contributed by atoms with Gasteiger partial charge in [0.1, 0.15) is 6.61 Å². The van der Waals surface area contributed by atoms with Crippen LogP contribution in [0.3, 0.4) is 0 Å². The second kappa shape index (κ2) is 7.00. The summed E-state index contributed by atoms with van der Waals surface area (Å²) in [6.45, 7) is -0.0695. The summed E-state index contributed by atoms with van der Waals surface area (Å²) in [5.41, 5.74) is 1.24. The van der Waals surface area contributed by atoms with Crippen molar-refractivity contribution >= 4 is 21.6 Å². The molecule has 0 unspecified atom stereocenters. The molecular formula is C22H13NO5S. The van der Waals surface area contributed by atoms with Crippen LogP contribution >= 0.6 is 0 Å². The quantitative estimate of drug-likeness (QED) is 0.487. The standard InChI is InChI=1S/C22H13NO5S/c23-12-14-4-3-5-15(10-14)13-28-22(25)16-8-9-18-20(11-16)29(26,27)19-7-2-1-6-17(19)21(18)24/h1-11H,13H2. The third-order valence-electron chi connectivity index (χ3n) is 4.60. The highest BCUT2D eigenvalue weighted by Crippen LogP contribution is 2.34. The maximum atomic E-state index is 12.9. The van der Waals surface area contributed by atoms with E-state index in [9.17, 15) is 18.0 Å². The third-order valence-corrected chi connectivity index (χ3v) is 6.45. The zero-order valence-electron chi connectivity index (χ0n) is 15.0. The lowest BCUT2D eigenvalue weighted by molar-refractivity contribution is 0.0472. The van der Waals surface area contributed by atoms with Crippen LogP contribution in [-0.4, -0.2) is 20.2 Å². The Bertz CT molecular complexity index is 1320. The van der Waals surface area contributed by atoms with Crippen molar-refractivity contribution in [1.82, 2.24) is 0 Å². The number of esters is 1. The molecule has 0 N–H and O–H groups in total. The Morgan fingerprint density at radius 2 is 1.69 bits per heavy atom. The van der Waals surface area contributed by atoms with Crippen LogP contribution in [0.1, 0.15) is 37.4 Å². The van der Waals surface area contributed by atoms with Crippen molar-refractivity contribution in [3.8, 4) is 6.07 Å². The normalized spacial score (nSPS) is 13.7. The van der Waals surface area contributed by atoms with Gasteiger partial charge < -0.3 is 4.74 Å². The van der Waals surface area contributed by atoms with Gasteiger partial charge in [0.25, 0.3) is 0 Å². The maximum Gasteiger partial charge on any atom is 0.338 e. The van der Waals surface area contributed by atoms with Crippen LogP contribution in [0.25, 0.3) is 0 Å². The minimum absolute atomic E-state index is 0.0240.